The van der Waals surface area contributed by atoms with Crippen LogP contribution < -0.4 is 5.32 Å². The Kier molecular flexibility index (Phi) is 4.24. The molecular weight excluding hydrogens is 286 g/mol. The number of thioether (sulfide) groups is 1. The summed E-state index contributed by atoms with van der Waals surface area (Å²) in [5.41, 5.74) is 0.895. The molecule has 2 rings (SSSR count). The number of nitrogens with one attached hydrogen (secondary N) is 1. The minimum Gasteiger partial charge on any atom is -0.476 e. The molecule has 0 spiro atoms. The molecule has 0 aliphatic carbocycles. The van der Waals surface area contributed by atoms with E-state index in [9.17, 15) is 4.79 Å². The van der Waals surface area contributed by atoms with Gasteiger partial charge in [-0.25, -0.2) is 4.79 Å². The third-order valence-electron chi connectivity index (χ3n) is 2.34. The van der Waals surface area contributed by atoms with Crippen molar-refractivity contribution in [2.45, 2.75) is 4.90 Å². The summed E-state index contributed by atoms with van der Waals surface area (Å²) in [6.07, 6.45) is 1.98. The van der Waals surface area contributed by atoms with Gasteiger partial charge >= 0.3 is 5.97 Å². The highest BCUT2D eigenvalue weighted by molar-refractivity contribution is 7.98. The van der Waals surface area contributed by atoms with Crippen molar-refractivity contribution in [2.24, 2.45) is 0 Å². The second kappa shape index (κ2) is 5.90. The summed E-state index contributed by atoms with van der Waals surface area (Å²) >= 11 is 7.35. The average molecular weight is 296 g/mol. The van der Waals surface area contributed by atoms with Gasteiger partial charge in [-0.2, -0.15) is 0 Å². The summed E-state index contributed by atoms with van der Waals surface area (Å²) in [6.45, 7) is 0. The van der Waals surface area contributed by atoms with E-state index in [1.807, 2.05) is 30.5 Å². The molecule has 98 valence electrons. The standard InChI is InChI=1S/C12H10ClN3O2S/c1-19-8-4-2-7(3-5-8)14-9-6-10(13)15-16-11(9)12(17)18/h2-6H,1H3,(H,14,15)(H,17,18). The van der Waals surface area contributed by atoms with Crippen LogP contribution in [-0.2, 0) is 0 Å². The molecule has 19 heavy (non-hydrogen) atoms. The molecule has 1 aromatic heterocycles. The second-order valence-corrected chi connectivity index (χ2v) is 4.85. The van der Waals surface area contributed by atoms with Crippen molar-refractivity contribution in [1.82, 2.24) is 10.2 Å². The molecule has 0 atom stereocenters. The van der Waals surface area contributed by atoms with Gasteiger partial charge in [0.15, 0.2) is 10.8 Å². The molecule has 0 saturated heterocycles. The Morgan fingerprint density at radius 3 is 2.58 bits per heavy atom. The van der Waals surface area contributed by atoms with Gasteiger partial charge in [-0.05, 0) is 30.5 Å². The van der Waals surface area contributed by atoms with Gasteiger partial charge in [0.2, 0.25) is 0 Å². The van der Waals surface area contributed by atoms with E-state index in [0.29, 0.717) is 5.69 Å². The predicted octanol–water partition coefficient (Wildman–Crippen LogP) is 3.29. The number of carbonyl (C=O) groups is 1. The number of benzene rings is 1. The smallest absolute Gasteiger partial charge is 0.358 e. The van der Waals surface area contributed by atoms with Crippen molar-refractivity contribution in [1.29, 1.82) is 0 Å². The number of aromatic carboxylic acids is 1. The number of hydrogen-bond donors (Lipinski definition) is 2. The van der Waals surface area contributed by atoms with Crippen molar-refractivity contribution in [2.75, 3.05) is 11.6 Å². The zero-order chi connectivity index (χ0) is 13.8. The first kappa shape index (κ1) is 13.6. The van der Waals surface area contributed by atoms with Crippen molar-refractivity contribution >= 4 is 40.7 Å². The molecule has 5 nitrogen and oxygen atoms in total. The van der Waals surface area contributed by atoms with Crippen LogP contribution in [0.2, 0.25) is 5.15 Å². The largest absolute Gasteiger partial charge is 0.476 e. The highest BCUT2D eigenvalue weighted by atomic mass is 35.5. The molecule has 7 heteroatoms. The van der Waals surface area contributed by atoms with E-state index in [-0.39, 0.29) is 10.8 Å². The van der Waals surface area contributed by atoms with Gasteiger partial charge in [-0.15, -0.1) is 22.0 Å². The summed E-state index contributed by atoms with van der Waals surface area (Å²) in [6, 6.07) is 9.01. The number of aromatic nitrogens is 2. The van der Waals surface area contributed by atoms with Crippen molar-refractivity contribution in [3.63, 3.8) is 0 Å². The van der Waals surface area contributed by atoms with Gasteiger partial charge < -0.3 is 10.4 Å². The van der Waals surface area contributed by atoms with Gasteiger partial charge in [-0.3, -0.25) is 0 Å². The fourth-order valence-electron chi connectivity index (χ4n) is 1.45. The van der Waals surface area contributed by atoms with E-state index in [0.717, 1.165) is 10.6 Å². The molecule has 0 aliphatic rings. The van der Waals surface area contributed by atoms with Crippen LogP contribution in [0, 0.1) is 0 Å². The van der Waals surface area contributed by atoms with Crippen LogP contribution in [0.25, 0.3) is 0 Å². The fraction of sp³-hybridized carbons (Fsp3) is 0.0833. The molecule has 2 N–H and O–H groups in total. The molecule has 2 aromatic rings. The molecule has 0 aliphatic heterocycles. The number of carboxylic acids is 1. The number of rotatable bonds is 4. The molecule has 1 heterocycles. The first-order valence-electron chi connectivity index (χ1n) is 5.28. The lowest BCUT2D eigenvalue weighted by Gasteiger charge is -2.09. The van der Waals surface area contributed by atoms with E-state index >= 15 is 0 Å². The molecule has 0 bridgehead atoms. The average Bonchev–Trinajstić information content (AvgIpc) is 2.39. The van der Waals surface area contributed by atoms with E-state index in [2.05, 4.69) is 15.5 Å². The van der Waals surface area contributed by atoms with Gasteiger partial charge in [0, 0.05) is 16.6 Å². The SMILES string of the molecule is CSc1ccc(Nc2cc(Cl)nnc2C(=O)O)cc1. The minimum absolute atomic E-state index is 0.133. The molecule has 0 unspecified atom stereocenters. The normalized spacial score (nSPS) is 10.2. The fourth-order valence-corrected chi connectivity index (χ4v) is 2.01. The third kappa shape index (κ3) is 3.36. The van der Waals surface area contributed by atoms with Gasteiger partial charge in [0.25, 0.3) is 0 Å². The summed E-state index contributed by atoms with van der Waals surface area (Å²) < 4.78 is 0. The number of anilines is 2. The summed E-state index contributed by atoms with van der Waals surface area (Å²) in [4.78, 5) is 12.2. The summed E-state index contributed by atoms with van der Waals surface area (Å²) in [7, 11) is 0. The van der Waals surface area contributed by atoms with E-state index in [1.54, 1.807) is 11.8 Å². The molecular formula is C12H10ClN3O2S. The summed E-state index contributed by atoms with van der Waals surface area (Å²) in [5, 5.41) is 19.2. The molecule has 1 aromatic carbocycles. The predicted molar refractivity (Wildman–Crippen MR) is 75.5 cm³/mol. The quantitative estimate of drug-likeness (QED) is 0.843. The van der Waals surface area contributed by atoms with Crippen LogP contribution in [-0.4, -0.2) is 27.5 Å². The van der Waals surface area contributed by atoms with Gasteiger partial charge in [0.05, 0.1) is 5.69 Å². The van der Waals surface area contributed by atoms with Crippen LogP contribution in [0.15, 0.2) is 35.2 Å². The van der Waals surface area contributed by atoms with Crippen molar-refractivity contribution in [3.8, 4) is 0 Å². The molecule has 0 amide bonds. The molecule has 0 saturated carbocycles. The zero-order valence-electron chi connectivity index (χ0n) is 9.92. The maximum atomic E-state index is 11.0. The van der Waals surface area contributed by atoms with Crippen LogP contribution in [0.1, 0.15) is 10.5 Å². The highest BCUT2D eigenvalue weighted by Gasteiger charge is 2.13. The Hall–Kier alpha value is -1.79. The summed E-state index contributed by atoms with van der Waals surface area (Å²) in [5.74, 6) is -1.16. The first-order chi connectivity index (χ1) is 9.10. The number of halogens is 1. The number of hydrogen-bond acceptors (Lipinski definition) is 5. The maximum Gasteiger partial charge on any atom is 0.358 e. The topological polar surface area (TPSA) is 75.1 Å². The lowest BCUT2D eigenvalue weighted by atomic mass is 10.2. The van der Waals surface area contributed by atoms with Crippen LogP contribution in [0.4, 0.5) is 11.4 Å². The Labute approximate surface area is 119 Å². The highest BCUT2D eigenvalue weighted by Crippen LogP contribution is 2.23. The Bertz CT molecular complexity index is 604. The van der Waals surface area contributed by atoms with Crippen molar-refractivity contribution < 1.29 is 9.90 Å². The van der Waals surface area contributed by atoms with Gasteiger partial charge in [-0.1, -0.05) is 11.6 Å². The lowest BCUT2D eigenvalue weighted by molar-refractivity contribution is 0.0690. The van der Waals surface area contributed by atoms with Crippen LogP contribution in [0.5, 0.6) is 0 Å². The monoisotopic (exact) mass is 295 g/mol. The van der Waals surface area contributed by atoms with Gasteiger partial charge in [0.1, 0.15) is 0 Å². The van der Waals surface area contributed by atoms with Crippen LogP contribution >= 0.6 is 23.4 Å². The lowest BCUT2D eigenvalue weighted by Crippen LogP contribution is -2.07. The first-order valence-corrected chi connectivity index (χ1v) is 6.88. The van der Waals surface area contributed by atoms with Crippen molar-refractivity contribution in [3.05, 3.63) is 41.2 Å². The van der Waals surface area contributed by atoms with E-state index < -0.39 is 5.97 Å². The molecule has 0 fully saturated rings. The Morgan fingerprint density at radius 2 is 2.00 bits per heavy atom. The Morgan fingerprint density at radius 1 is 1.32 bits per heavy atom. The Balaban J connectivity index is 2.31. The third-order valence-corrected chi connectivity index (χ3v) is 3.26. The second-order valence-electron chi connectivity index (χ2n) is 3.59. The number of nitrogens with zero attached hydrogens (tertiary/aromatic N) is 2. The van der Waals surface area contributed by atoms with E-state index in [4.69, 9.17) is 16.7 Å². The zero-order valence-corrected chi connectivity index (χ0v) is 11.5. The van der Waals surface area contributed by atoms with E-state index in [1.165, 1.54) is 6.07 Å². The maximum absolute atomic E-state index is 11.0. The molecule has 0 radical (unpaired) electrons. The minimum atomic E-state index is -1.16. The van der Waals surface area contributed by atoms with Crippen LogP contribution in [0.3, 0.4) is 0 Å². The number of carboxylic acid groups (broad SMARTS) is 1.